The molecule has 0 bridgehead atoms. The van der Waals surface area contributed by atoms with Crippen LogP contribution in [0.4, 0.5) is 0 Å². The highest BCUT2D eigenvalue weighted by atomic mass is 31.2. The quantitative estimate of drug-likeness (QED) is 0.0222. The van der Waals surface area contributed by atoms with Gasteiger partial charge in [0.05, 0.1) is 26.4 Å². The normalized spacial score (nSPS) is 14.3. The molecule has 17 nitrogen and oxygen atoms in total. The number of carbonyl (C=O) groups excluding carboxylic acids is 4. The summed E-state index contributed by atoms with van der Waals surface area (Å²) in [6.45, 7) is 14.1. The Morgan fingerprint density at radius 1 is 0.281 bits per heavy atom. The highest BCUT2D eigenvalue weighted by Gasteiger charge is 2.30. The van der Waals surface area contributed by atoms with Crippen LogP contribution >= 0.6 is 15.6 Å². The van der Waals surface area contributed by atoms with Gasteiger partial charge in [-0.05, 0) is 49.4 Å². The van der Waals surface area contributed by atoms with Gasteiger partial charge in [-0.15, -0.1) is 0 Å². The van der Waals surface area contributed by atoms with Crippen LogP contribution in [0.2, 0.25) is 0 Å². The molecule has 19 heteroatoms. The molecule has 89 heavy (non-hydrogen) atoms. The topological polar surface area (TPSA) is 237 Å². The highest BCUT2D eigenvalue weighted by Crippen LogP contribution is 2.45. The number of hydrogen-bond acceptors (Lipinski definition) is 15. The molecule has 0 aromatic rings. The third-order valence-corrected chi connectivity index (χ3v) is 18.0. The highest BCUT2D eigenvalue weighted by molar-refractivity contribution is 7.47. The summed E-state index contributed by atoms with van der Waals surface area (Å²) in [5.74, 6) is 0.832. The second kappa shape index (κ2) is 59.8. The molecule has 0 rings (SSSR count). The summed E-state index contributed by atoms with van der Waals surface area (Å²) in [6, 6.07) is 0. The van der Waals surface area contributed by atoms with E-state index < -0.39 is 97.5 Å². The molecular weight excluding hydrogens is 1170 g/mol. The average molecular weight is 1310 g/mol. The summed E-state index contributed by atoms with van der Waals surface area (Å²) in [7, 11) is -9.90. The number of phosphoric acid groups is 2. The van der Waals surface area contributed by atoms with Crippen molar-refractivity contribution in [1.82, 2.24) is 0 Å². The number of aliphatic hydroxyl groups excluding tert-OH is 1. The van der Waals surface area contributed by atoms with Crippen LogP contribution in [0.5, 0.6) is 0 Å². The van der Waals surface area contributed by atoms with E-state index in [2.05, 4.69) is 55.4 Å². The predicted octanol–water partition coefficient (Wildman–Crippen LogP) is 19.7. The molecule has 0 amide bonds. The van der Waals surface area contributed by atoms with E-state index in [1.54, 1.807) is 0 Å². The minimum absolute atomic E-state index is 0.105. The lowest BCUT2D eigenvalue weighted by atomic mass is 10.0. The Labute approximate surface area is 543 Å². The Morgan fingerprint density at radius 3 is 0.697 bits per heavy atom. The Balaban J connectivity index is 5.26. The molecule has 0 aliphatic heterocycles. The van der Waals surface area contributed by atoms with E-state index in [1.165, 1.54) is 141 Å². The fraction of sp³-hybridized carbons (Fsp3) is 0.943. The maximum absolute atomic E-state index is 13.0. The lowest BCUT2D eigenvalue weighted by Gasteiger charge is -2.21. The fourth-order valence-corrected chi connectivity index (χ4v) is 12.1. The van der Waals surface area contributed by atoms with E-state index in [-0.39, 0.29) is 25.7 Å². The molecule has 0 aromatic carbocycles. The van der Waals surface area contributed by atoms with E-state index in [1.807, 2.05) is 0 Å². The van der Waals surface area contributed by atoms with Gasteiger partial charge in [-0.1, -0.05) is 293 Å². The van der Waals surface area contributed by atoms with Crippen LogP contribution in [0, 0.1) is 23.7 Å². The van der Waals surface area contributed by atoms with Crippen molar-refractivity contribution in [1.29, 1.82) is 0 Å². The number of rotatable bonds is 67. The Bertz CT molecular complexity index is 1760. The number of phosphoric ester groups is 2. The molecule has 0 fully saturated rings. The molecule has 0 saturated heterocycles. The van der Waals surface area contributed by atoms with Crippen molar-refractivity contribution >= 4 is 39.5 Å². The zero-order chi connectivity index (χ0) is 66.1. The number of carbonyl (C=O) groups is 4. The van der Waals surface area contributed by atoms with E-state index in [9.17, 15) is 43.2 Å². The van der Waals surface area contributed by atoms with Gasteiger partial charge in [0.15, 0.2) is 12.2 Å². The van der Waals surface area contributed by atoms with Gasteiger partial charge in [0.2, 0.25) is 0 Å². The third-order valence-electron chi connectivity index (χ3n) is 16.1. The maximum atomic E-state index is 13.0. The molecule has 528 valence electrons. The first kappa shape index (κ1) is 87.1. The zero-order valence-electron chi connectivity index (χ0n) is 58.1. The second-order valence-corrected chi connectivity index (χ2v) is 30.1. The molecule has 0 spiro atoms. The molecular formula is C70H136O17P2. The van der Waals surface area contributed by atoms with Gasteiger partial charge in [0, 0.05) is 25.7 Å². The maximum Gasteiger partial charge on any atom is 0.472 e. The van der Waals surface area contributed by atoms with Crippen molar-refractivity contribution in [2.75, 3.05) is 39.6 Å². The second-order valence-electron chi connectivity index (χ2n) is 27.2. The van der Waals surface area contributed by atoms with Crippen LogP contribution < -0.4 is 0 Å². The van der Waals surface area contributed by atoms with Crippen LogP contribution in [0.1, 0.15) is 344 Å². The summed E-state index contributed by atoms with van der Waals surface area (Å²) in [6.07, 6.45) is 41.7. The lowest BCUT2D eigenvalue weighted by Crippen LogP contribution is -2.30. The summed E-state index contributed by atoms with van der Waals surface area (Å²) in [5, 5.41) is 10.6. The van der Waals surface area contributed by atoms with Gasteiger partial charge < -0.3 is 33.8 Å². The van der Waals surface area contributed by atoms with Gasteiger partial charge in [-0.2, -0.15) is 0 Å². The summed E-state index contributed by atoms with van der Waals surface area (Å²) in [5.41, 5.74) is 0. The van der Waals surface area contributed by atoms with E-state index in [0.29, 0.717) is 31.6 Å². The summed E-state index contributed by atoms with van der Waals surface area (Å²) < 4.78 is 68.3. The van der Waals surface area contributed by atoms with Crippen LogP contribution in [-0.2, 0) is 65.4 Å². The van der Waals surface area contributed by atoms with Crippen LogP contribution in [0.15, 0.2) is 0 Å². The number of unbranched alkanes of at least 4 members (excludes halogenated alkanes) is 33. The van der Waals surface area contributed by atoms with E-state index in [4.69, 9.17) is 37.0 Å². The smallest absolute Gasteiger partial charge is 0.462 e. The van der Waals surface area contributed by atoms with Crippen molar-refractivity contribution in [2.24, 2.45) is 23.7 Å². The van der Waals surface area contributed by atoms with Crippen LogP contribution in [0.3, 0.4) is 0 Å². The van der Waals surface area contributed by atoms with Crippen molar-refractivity contribution in [3.8, 4) is 0 Å². The number of esters is 4. The molecule has 3 N–H and O–H groups in total. The first-order valence-corrected chi connectivity index (χ1v) is 39.2. The van der Waals surface area contributed by atoms with Gasteiger partial charge in [-0.3, -0.25) is 37.3 Å². The minimum Gasteiger partial charge on any atom is -0.462 e. The number of aliphatic hydroxyl groups is 1. The predicted molar refractivity (Wildman–Crippen MR) is 358 cm³/mol. The lowest BCUT2D eigenvalue weighted by molar-refractivity contribution is -0.161. The zero-order valence-corrected chi connectivity index (χ0v) is 59.8. The number of ether oxygens (including phenoxy) is 4. The van der Waals surface area contributed by atoms with E-state index in [0.717, 1.165) is 114 Å². The van der Waals surface area contributed by atoms with Crippen molar-refractivity contribution < 1.29 is 80.2 Å². The molecule has 0 aliphatic rings. The average Bonchev–Trinajstić information content (AvgIpc) is 3.66. The molecule has 2 unspecified atom stereocenters. The van der Waals surface area contributed by atoms with Gasteiger partial charge in [0.1, 0.15) is 19.3 Å². The monoisotopic (exact) mass is 1310 g/mol. The summed E-state index contributed by atoms with van der Waals surface area (Å²) in [4.78, 5) is 72.5. The van der Waals surface area contributed by atoms with Crippen molar-refractivity contribution in [3.05, 3.63) is 0 Å². The van der Waals surface area contributed by atoms with Crippen LogP contribution in [0.25, 0.3) is 0 Å². The fourth-order valence-electron chi connectivity index (χ4n) is 10.5. The standard InChI is InChI=1S/C70H136O17P2/c1-60(2)46-38-30-22-15-11-9-13-17-27-36-44-52-69(74)86-65(56-80-67(72)50-42-34-26-20-19-24-32-40-48-62(5)6)58-84-88(76,77)82-54-64(71)55-83-89(78,79)85-59-66(57-81-68(73)51-43-35-29-21-25-33-41-49-63(7)8)87-70(75)53-45-37-28-18-14-10-12-16-23-31-39-47-61(3)4/h60-66,71H,9-59H2,1-8H3,(H,76,77)(H,78,79)/t64-,65+,66+/m0/s1. The Morgan fingerprint density at radius 2 is 0.472 bits per heavy atom. The molecule has 0 heterocycles. The first-order valence-electron chi connectivity index (χ1n) is 36.2. The molecule has 5 atom stereocenters. The Hall–Kier alpha value is -1.94. The van der Waals surface area contributed by atoms with Crippen molar-refractivity contribution in [2.45, 2.75) is 363 Å². The van der Waals surface area contributed by atoms with Gasteiger partial charge in [0.25, 0.3) is 0 Å². The minimum atomic E-state index is -4.95. The summed E-state index contributed by atoms with van der Waals surface area (Å²) >= 11 is 0. The SMILES string of the molecule is CC(C)CCCCCCCCCCCCCC(=O)O[C@H](COC(=O)CCCCCCCCCCC(C)C)COP(=O)(O)OC[C@H](O)COP(=O)(O)OC[C@@H](COC(=O)CCCCCCCCCC(C)C)OC(=O)CCCCCCCCCCCCCC(C)C. The van der Waals surface area contributed by atoms with Gasteiger partial charge >= 0.3 is 39.5 Å². The molecule has 0 aliphatic carbocycles. The number of hydrogen-bond donors (Lipinski definition) is 3. The molecule has 0 saturated carbocycles. The van der Waals surface area contributed by atoms with Gasteiger partial charge in [-0.25, -0.2) is 9.13 Å². The van der Waals surface area contributed by atoms with Crippen LogP contribution in [-0.4, -0.2) is 96.7 Å². The molecule has 0 radical (unpaired) electrons. The first-order chi connectivity index (χ1) is 42.6. The van der Waals surface area contributed by atoms with E-state index >= 15 is 0 Å². The Kier molecular flexibility index (Phi) is 58.5. The largest absolute Gasteiger partial charge is 0.472 e. The van der Waals surface area contributed by atoms with Crippen molar-refractivity contribution in [3.63, 3.8) is 0 Å². The third kappa shape index (κ3) is 64.6. The molecule has 0 aromatic heterocycles.